The summed E-state index contributed by atoms with van der Waals surface area (Å²) in [7, 11) is 0. The average molecular weight is 341 g/mol. The first-order chi connectivity index (χ1) is 10.5. The van der Waals surface area contributed by atoms with Gasteiger partial charge in [0.2, 0.25) is 0 Å². The van der Waals surface area contributed by atoms with E-state index in [0.717, 1.165) is 16.7 Å². The summed E-state index contributed by atoms with van der Waals surface area (Å²) in [6.45, 7) is -0.0943. The van der Waals surface area contributed by atoms with Gasteiger partial charge in [0, 0.05) is 45.8 Å². The van der Waals surface area contributed by atoms with Gasteiger partial charge in [0.25, 0.3) is 0 Å². The molecule has 4 nitrogen and oxygen atoms in total. The minimum absolute atomic E-state index is 0.0386. The standard InChI is InChI=1S/C16H18Cl2N2O2/c17-9-1-2-10(14(18)7-9)13-8-15(19)11(3-5-21)12(4-6-22)16(13)20/h1-2,7-8,21-22H,3-6,19-20H2. The molecule has 0 aliphatic rings. The molecule has 0 radical (unpaired) electrons. The van der Waals surface area contributed by atoms with Crippen LogP contribution in [0.1, 0.15) is 11.1 Å². The van der Waals surface area contributed by atoms with Crippen molar-refractivity contribution >= 4 is 34.6 Å². The Kier molecular flexibility index (Phi) is 5.53. The molecule has 0 fully saturated rings. The van der Waals surface area contributed by atoms with Crippen LogP contribution in [0.2, 0.25) is 10.0 Å². The summed E-state index contributed by atoms with van der Waals surface area (Å²) in [4.78, 5) is 0. The van der Waals surface area contributed by atoms with Crippen molar-refractivity contribution in [1.29, 1.82) is 0 Å². The minimum atomic E-state index is -0.0557. The molecule has 0 bridgehead atoms. The maximum atomic E-state index is 9.28. The molecule has 0 spiro atoms. The van der Waals surface area contributed by atoms with Crippen LogP contribution in [-0.2, 0) is 12.8 Å². The number of aliphatic hydroxyl groups excluding tert-OH is 2. The summed E-state index contributed by atoms with van der Waals surface area (Å²) < 4.78 is 0. The summed E-state index contributed by atoms with van der Waals surface area (Å²) in [5.74, 6) is 0. The van der Waals surface area contributed by atoms with Gasteiger partial charge in [-0.2, -0.15) is 0 Å². The van der Waals surface area contributed by atoms with Gasteiger partial charge in [-0.05, 0) is 42.2 Å². The lowest BCUT2D eigenvalue weighted by Crippen LogP contribution is -2.09. The highest BCUT2D eigenvalue weighted by Crippen LogP contribution is 2.39. The highest BCUT2D eigenvalue weighted by atomic mass is 35.5. The van der Waals surface area contributed by atoms with E-state index in [-0.39, 0.29) is 13.2 Å². The number of benzene rings is 2. The Morgan fingerprint density at radius 1 is 0.864 bits per heavy atom. The number of aliphatic hydroxyl groups is 2. The monoisotopic (exact) mass is 340 g/mol. The summed E-state index contributed by atoms with van der Waals surface area (Å²) in [5, 5.41) is 19.5. The first-order valence-corrected chi connectivity index (χ1v) is 7.62. The quantitative estimate of drug-likeness (QED) is 0.629. The largest absolute Gasteiger partial charge is 0.398 e. The van der Waals surface area contributed by atoms with Crippen LogP contribution in [0.3, 0.4) is 0 Å². The summed E-state index contributed by atoms with van der Waals surface area (Å²) in [5.41, 5.74) is 16.3. The van der Waals surface area contributed by atoms with Crippen LogP contribution in [0.5, 0.6) is 0 Å². The van der Waals surface area contributed by atoms with Crippen LogP contribution in [0.25, 0.3) is 11.1 Å². The molecule has 2 rings (SSSR count). The lowest BCUT2D eigenvalue weighted by Gasteiger charge is -2.18. The third kappa shape index (κ3) is 3.31. The Bertz CT molecular complexity index is 690. The van der Waals surface area contributed by atoms with E-state index in [9.17, 15) is 10.2 Å². The molecule has 2 aromatic rings. The zero-order valence-electron chi connectivity index (χ0n) is 11.9. The highest BCUT2D eigenvalue weighted by Gasteiger charge is 2.17. The number of nitrogens with two attached hydrogens (primary N) is 2. The summed E-state index contributed by atoms with van der Waals surface area (Å²) >= 11 is 12.2. The van der Waals surface area contributed by atoms with Gasteiger partial charge >= 0.3 is 0 Å². The Morgan fingerprint density at radius 3 is 2.09 bits per heavy atom. The van der Waals surface area contributed by atoms with Gasteiger partial charge < -0.3 is 21.7 Å². The maximum absolute atomic E-state index is 9.28. The summed E-state index contributed by atoms with van der Waals surface area (Å²) in [6, 6.07) is 6.90. The van der Waals surface area contributed by atoms with E-state index >= 15 is 0 Å². The van der Waals surface area contributed by atoms with E-state index in [1.807, 2.05) is 0 Å². The maximum Gasteiger partial charge on any atom is 0.0499 e. The third-order valence-electron chi connectivity index (χ3n) is 3.57. The predicted molar refractivity (Wildman–Crippen MR) is 92.3 cm³/mol. The van der Waals surface area contributed by atoms with Crippen molar-refractivity contribution in [2.24, 2.45) is 0 Å². The molecule has 0 aliphatic carbocycles. The highest BCUT2D eigenvalue weighted by molar-refractivity contribution is 6.36. The van der Waals surface area contributed by atoms with Crippen molar-refractivity contribution < 1.29 is 10.2 Å². The van der Waals surface area contributed by atoms with Gasteiger partial charge in [0.05, 0.1) is 0 Å². The fourth-order valence-electron chi connectivity index (χ4n) is 2.55. The zero-order chi connectivity index (χ0) is 16.3. The molecule has 0 saturated carbocycles. The van der Waals surface area contributed by atoms with Crippen molar-refractivity contribution in [3.63, 3.8) is 0 Å². The molecule has 6 heteroatoms. The van der Waals surface area contributed by atoms with E-state index in [1.165, 1.54) is 0 Å². The molecule has 0 heterocycles. The van der Waals surface area contributed by atoms with Gasteiger partial charge in [-0.25, -0.2) is 0 Å². The van der Waals surface area contributed by atoms with Gasteiger partial charge in [0.15, 0.2) is 0 Å². The molecule has 0 atom stereocenters. The Labute approximate surface area is 139 Å². The second kappa shape index (κ2) is 7.20. The van der Waals surface area contributed by atoms with Gasteiger partial charge in [-0.1, -0.05) is 29.3 Å². The molecule has 118 valence electrons. The van der Waals surface area contributed by atoms with Crippen molar-refractivity contribution in [1.82, 2.24) is 0 Å². The SMILES string of the molecule is Nc1cc(-c2ccc(Cl)cc2Cl)c(N)c(CCO)c1CCO. The molecule has 0 amide bonds. The molecule has 0 unspecified atom stereocenters. The van der Waals surface area contributed by atoms with Crippen molar-refractivity contribution in [3.05, 3.63) is 45.4 Å². The molecular formula is C16H18Cl2N2O2. The van der Waals surface area contributed by atoms with E-state index in [4.69, 9.17) is 34.7 Å². The molecule has 6 N–H and O–H groups in total. The lowest BCUT2D eigenvalue weighted by atomic mass is 9.92. The number of halogens is 2. The topological polar surface area (TPSA) is 92.5 Å². The molecular weight excluding hydrogens is 323 g/mol. The average Bonchev–Trinajstić information content (AvgIpc) is 2.47. The number of hydrogen-bond acceptors (Lipinski definition) is 4. The number of anilines is 2. The first kappa shape index (κ1) is 16.9. The van der Waals surface area contributed by atoms with Crippen LogP contribution in [-0.4, -0.2) is 23.4 Å². The minimum Gasteiger partial charge on any atom is -0.398 e. The zero-order valence-corrected chi connectivity index (χ0v) is 13.5. The van der Waals surface area contributed by atoms with Crippen molar-refractivity contribution in [2.75, 3.05) is 24.7 Å². The first-order valence-electron chi connectivity index (χ1n) is 6.86. The fourth-order valence-corrected chi connectivity index (χ4v) is 3.07. The molecule has 2 aromatic carbocycles. The van der Waals surface area contributed by atoms with E-state index < -0.39 is 0 Å². The van der Waals surface area contributed by atoms with Crippen LogP contribution < -0.4 is 11.5 Å². The number of nitrogen functional groups attached to an aromatic ring is 2. The molecule has 22 heavy (non-hydrogen) atoms. The fraction of sp³-hybridized carbons (Fsp3) is 0.250. The van der Waals surface area contributed by atoms with Crippen LogP contribution in [0.15, 0.2) is 24.3 Å². The van der Waals surface area contributed by atoms with Gasteiger partial charge in [0.1, 0.15) is 0 Å². The number of hydrogen-bond donors (Lipinski definition) is 4. The van der Waals surface area contributed by atoms with Crippen molar-refractivity contribution in [3.8, 4) is 11.1 Å². The molecule has 0 saturated heterocycles. The van der Waals surface area contributed by atoms with Crippen LogP contribution >= 0.6 is 23.2 Å². The second-order valence-corrected chi connectivity index (χ2v) is 5.80. The van der Waals surface area contributed by atoms with Gasteiger partial charge in [-0.15, -0.1) is 0 Å². The van der Waals surface area contributed by atoms with Gasteiger partial charge in [-0.3, -0.25) is 0 Å². The Hall–Kier alpha value is -1.46. The van der Waals surface area contributed by atoms with E-state index in [0.29, 0.717) is 39.8 Å². The Balaban J connectivity index is 2.67. The summed E-state index contributed by atoms with van der Waals surface area (Å²) in [6.07, 6.45) is 0.754. The van der Waals surface area contributed by atoms with E-state index in [2.05, 4.69) is 0 Å². The smallest absolute Gasteiger partial charge is 0.0499 e. The van der Waals surface area contributed by atoms with Crippen LogP contribution in [0.4, 0.5) is 11.4 Å². The number of rotatable bonds is 5. The molecule has 0 aliphatic heterocycles. The third-order valence-corrected chi connectivity index (χ3v) is 4.12. The van der Waals surface area contributed by atoms with Crippen molar-refractivity contribution in [2.45, 2.75) is 12.8 Å². The lowest BCUT2D eigenvalue weighted by molar-refractivity contribution is 0.293. The van der Waals surface area contributed by atoms with E-state index in [1.54, 1.807) is 24.3 Å². The second-order valence-electron chi connectivity index (χ2n) is 4.96. The predicted octanol–water partition coefficient (Wildman–Crippen LogP) is 2.89. The molecule has 0 aromatic heterocycles. The van der Waals surface area contributed by atoms with Crippen LogP contribution in [0, 0.1) is 0 Å². The normalized spacial score (nSPS) is 10.9. The Morgan fingerprint density at radius 2 is 1.50 bits per heavy atom.